The van der Waals surface area contributed by atoms with Crippen molar-refractivity contribution in [3.63, 3.8) is 0 Å². The molecule has 2 amide bonds. The number of rotatable bonds is 16. The lowest BCUT2D eigenvalue weighted by molar-refractivity contribution is -0.122. The van der Waals surface area contributed by atoms with Crippen LogP contribution in [0.25, 0.3) is 0 Å². The second-order valence-corrected chi connectivity index (χ2v) is 6.02. The van der Waals surface area contributed by atoms with Gasteiger partial charge in [-0.2, -0.15) is 0 Å². The average Bonchev–Trinajstić information content (AvgIpc) is 2.49. The van der Waals surface area contributed by atoms with Crippen molar-refractivity contribution in [3.05, 3.63) is 6.92 Å². The molecule has 0 aliphatic heterocycles. The van der Waals surface area contributed by atoms with Gasteiger partial charge in [-0.1, -0.05) is 64.7 Å². The van der Waals surface area contributed by atoms with Crippen LogP contribution in [0.2, 0.25) is 0 Å². The summed E-state index contributed by atoms with van der Waals surface area (Å²) in [5.74, 6) is -0.467. The second-order valence-electron chi connectivity index (χ2n) is 6.02. The van der Waals surface area contributed by atoms with Crippen molar-refractivity contribution in [1.82, 2.24) is 11.1 Å². The number of carbonyl (C=O) groups excluding carboxylic acids is 2. The quantitative estimate of drug-likeness (QED) is 0.434. The Kier molecular flexibility index (Phi) is 15.5. The van der Waals surface area contributed by atoms with Crippen LogP contribution in [0, 0.1) is 6.92 Å². The third kappa shape index (κ3) is 17.0. The molecule has 0 fully saturated rings. The smallest absolute Gasteiger partial charge is 0.238 e. The fourth-order valence-corrected chi connectivity index (χ4v) is 2.43. The highest BCUT2D eigenvalue weighted by molar-refractivity contribution is 5.76. The predicted molar refractivity (Wildman–Crippen MR) is 91.1 cm³/mol. The van der Waals surface area contributed by atoms with E-state index in [4.69, 9.17) is 5.73 Å². The molecule has 0 atom stereocenters. The third-order valence-electron chi connectivity index (χ3n) is 3.81. The van der Waals surface area contributed by atoms with E-state index in [1.165, 1.54) is 51.4 Å². The zero-order chi connectivity index (χ0) is 16.5. The van der Waals surface area contributed by atoms with Gasteiger partial charge in [0.15, 0.2) is 0 Å². The van der Waals surface area contributed by atoms with Crippen LogP contribution in [0.3, 0.4) is 0 Å². The maximum Gasteiger partial charge on any atom is 0.238 e. The Hall–Kier alpha value is -1.06. The molecule has 2 radical (unpaired) electrons. The maximum atomic E-state index is 11.5. The average molecular weight is 310 g/mol. The van der Waals surface area contributed by atoms with Crippen molar-refractivity contribution in [3.8, 4) is 0 Å². The van der Waals surface area contributed by atoms with E-state index in [-0.39, 0.29) is 12.3 Å². The summed E-state index contributed by atoms with van der Waals surface area (Å²) in [6.45, 7) is 4.61. The molecule has 4 nitrogen and oxygen atoms in total. The van der Waals surface area contributed by atoms with Crippen molar-refractivity contribution < 1.29 is 9.59 Å². The molecule has 0 aliphatic rings. The van der Waals surface area contributed by atoms with E-state index in [0.717, 1.165) is 19.4 Å². The molecule has 0 saturated heterocycles. The molecule has 0 aliphatic carbocycles. The Bertz CT molecular complexity index is 280. The Morgan fingerprint density at radius 3 is 1.77 bits per heavy atom. The summed E-state index contributed by atoms with van der Waals surface area (Å²) in [5, 5.41) is 2.92. The van der Waals surface area contributed by atoms with E-state index in [1.807, 2.05) is 0 Å². The first-order valence-electron chi connectivity index (χ1n) is 8.97. The van der Waals surface area contributed by atoms with E-state index in [1.54, 1.807) is 0 Å². The topological polar surface area (TPSA) is 70.0 Å². The summed E-state index contributed by atoms with van der Waals surface area (Å²) in [7, 11) is 0. The van der Waals surface area contributed by atoms with Crippen LogP contribution >= 0.6 is 0 Å². The van der Waals surface area contributed by atoms with Crippen molar-refractivity contribution >= 4 is 11.8 Å². The Morgan fingerprint density at radius 2 is 1.23 bits per heavy atom. The summed E-state index contributed by atoms with van der Waals surface area (Å²) in [6.07, 6.45) is 14.6. The third-order valence-corrected chi connectivity index (χ3v) is 3.81. The van der Waals surface area contributed by atoms with Crippen LogP contribution in [0.1, 0.15) is 89.9 Å². The van der Waals surface area contributed by atoms with E-state index < -0.39 is 5.91 Å². The first kappa shape index (κ1) is 20.9. The SMILES string of the molecule is [CH2]CCCCCCCCCCCNC(=O)CCCCC([NH])=O. The molecule has 128 valence electrons. The van der Waals surface area contributed by atoms with Gasteiger partial charge >= 0.3 is 0 Å². The number of hydrogen-bond donors (Lipinski definition) is 1. The molecule has 0 aromatic carbocycles. The normalized spacial score (nSPS) is 10.6. The molecule has 0 saturated carbocycles. The minimum atomic E-state index is -0.539. The number of amides is 2. The summed E-state index contributed by atoms with van der Waals surface area (Å²) >= 11 is 0. The van der Waals surface area contributed by atoms with Gasteiger partial charge in [-0.3, -0.25) is 15.3 Å². The lowest BCUT2D eigenvalue weighted by Gasteiger charge is -2.05. The highest BCUT2D eigenvalue weighted by atomic mass is 16.1. The van der Waals surface area contributed by atoms with Gasteiger partial charge < -0.3 is 5.32 Å². The fourth-order valence-electron chi connectivity index (χ4n) is 2.43. The van der Waals surface area contributed by atoms with Gasteiger partial charge in [-0.15, -0.1) is 0 Å². The van der Waals surface area contributed by atoms with Crippen LogP contribution in [0.4, 0.5) is 0 Å². The van der Waals surface area contributed by atoms with Crippen molar-refractivity contribution in [1.29, 1.82) is 0 Å². The molecule has 4 heteroatoms. The maximum absolute atomic E-state index is 11.5. The van der Waals surface area contributed by atoms with Gasteiger partial charge in [-0.25, -0.2) is 0 Å². The van der Waals surface area contributed by atoms with Gasteiger partial charge in [0, 0.05) is 19.4 Å². The molecular formula is C18H34N2O2. The molecule has 0 rings (SSSR count). The first-order valence-corrected chi connectivity index (χ1v) is 8.97. The van der Waals surface area contributed by atoms with E-state index in [9.17, 15) is 9.59 Å². The predicted octanol–water partition coefficient (Wildman–Crippen LogP) is 4.21. The summed E-state index contributed by atoms with van der Waals surface area (Å²) < 4.78 is 0. The minimum absolute atomic E-state index is 0.0721. The van der Waals surface area contributed by atoms with Crippen molar-refractivity contribution in [2.45, 2.75) is 89.9 Å². The molecule has 22 heavy (non-hydrogen) atoms. The summed E-state index contributed by atoms with van der Waals surface area (Å²) in [6, 6.07) is 0. The van der Waals surface area contributed by atoms with Gasteiger partial charge in [0.25, 0.3) is 0 Å². The van der Waals surface area contributed by atoms with Crippen molar-refractivity contribution in [2.75, 3.05) is 6.54 Å². The van der Waals surface area contributed by atoms with E-state index in [0.29, 0.717) is 19.3 Å². The van der Waals surface area contributed by atoms with Gasteiger partial charge in [0.2, 0.25) is 11.8 Å². The van der Waals surface area contributed by atoms with Gasteiger partial charge in [-0.05, 0) is 19.3 Å². The first-order chi connectivity index (χ1) is 10.7. The zero-order valence-corrected chi connectivity index (χ0v) is 14.1. The van der Waals surface area contributed by atoms with Crippen LogP contribution in [-0.4, -0.2) is 18.4 Å². The highest BCUT2D eigenvalue weighted by Crippen LogP contribution is 2.10. The monoisotopic (exact) mass is 310 g/mol. The molecular weight excluding hydrogens is 276 g/mol. The lowest BCUT2D eigenvalue weighted by Crippen LogP contribution is -2.24. The number of carbonyl (C=O) groups is 2. The number of unbranched alkanes of at least 4 members (excludes halogenated alkanes) is 10. The molecule has 0 bridgehead atoms. The number of hydrogen-bond acceptors (Lipinski definition) is 2. The molecule has 0 spiro atoms. The van der Waals surface area contributed by atoms with Crippen LogP contribution in [0.15, 0.2) is 0 Å². The largest absolute Gasteiger partial charge is 0.356 e. The number of nitrogens with one attached hydrogen (secondary N) is 2. The molecule has 0 aromatic rings. The fraction of sp³-hybridized carbons (Fsp3) is 0.833. The Morgan fingerprint density at radius 1 is 0.727 bits per heavy atom. The van der Waals surface area contributed by atoms with Crippen LogP contribution in [-0.2, 0) is 9.59 Å². The van der Waals surface area contributed by atoms with Crippen LogP contribution in [0.5, 0.6) is 0 Å². The zero-order valence-electron chi connectivity index (χ0n) is 14.1. The summed E-state index contributed by atoms with van der Waals surface area (Å²) in [5.41, 5.74) is 6.77. The Labute approximate surface area is 136 Å². The lowest BCUT2D eigenvalue weighted by atomic mass is 10.1. The summed E-state index contributed by atoms with van der Waals surface area (Å²) in [4.78, 5) is 21.9. The van der Waals surface area contributed by atoms with E-state index >= 15 is 0 Å². The molecule has 2 N–H and O–H groups in total. The Balaban J connectivity index is 3.15. The van der Waals surface area contributed by atoms with Gasteiger partial charge in [0.1, 0.15) is 0 Å². The minimum Gasteiger partial charge on any atom is -0.356 e. The van der Waals surface area contributed by atoms with E-state index in [2.05, 4.69) is 12.2 Å². The highest BCUT2D eigenvalue weighted by Gasteiger charge is 2.01. The second kappa shape index (κ2) is 16.3. The standard InChI is InChI=1S/C18H34N2O2/c1-2-3-4-5-6-7-8-9-10-13-16-20-18(22)15-12-11-14-17(19)21/h19H,1-16H2,(H,20,22). The van der Waals surface area contributed by atoms with Crippen molar-refractivity contribution in [2.24, 2.45) is 0 Å². The van der Waals surface area contributed by atoms with Gasteiger partial charge in [0.05, 0.1) is 0 Å². The molecule has 0 heterocycles. The molecule has 0 aromatic heterocycles. The van der Waals surface area contributed by atoms with Crippen LogP contribution < -0.4 is 11.1 Å². The molecule has 0 unspecified atom stereocenters.